The number of hydrogen-bond acceptors (Lipinski definition) is 4. The minimum atomic E-state index is -0.751. The number of rotatable bonds is 4. The maximum Gasteiger partial charge on any atom is 0.328 e. The zero-order chi connectivity index (χ0) is 17.2. The standard InChI is InChI=1S/C18H23NO4/c1-5-18(2,3)15(20)16(21)19-11-13-9-7-6-8-12(13)10-14(19)17(22)23-4/h6-9,14H,5,10-11H2,1-4H3. The quantitative estimate of drug-likeness (QED) is 0.630. The Balaban J connectivity index is 2.36. The number of methoxy groups -OCH3 is 1. The molecule has 5 heteroatoms. The monoisotopic (exact) mass is 317 g/mol. The van der Waals surface area contributed by atoms with E-state index in [1.54, 1.807) is 13.8 Å². The number of Topliss-reactive ketones (excluding diaryl/α,β-unsaturated/α-hetero) is 1. The maximum absolute atomic E-state index is 12.7. The summed E-state index contributed by atoms with van der Waals surface area (Å²) in [6, 6.07) is 6.89. The highest BCUT2D eigenvalue weighted by Crippen LogP contribution is 2.28. The summed E-state index contributed by atoms with van der Waals surface area (Å²) in [6.45, 7) is 5.62. The van der Waals surface area contributed by atoms with Crippen LogP contribution in [0.3, 0.4) is 0 Å². The molecular formula is C18H23NO4. The van der Waals surface area contributed by atoms with E-state index in [1.807, 2.05) is 31.2 Å². The molecule has 0 spiro atoms. The first kappa shape index (κ1) is 17.2. The van der Waals surface area contributed by atoms with Crippen molar-refractivity contribution in [2.24, 2.45) is 5.41 Å². The van der Waals surface area contributed by atoms with Crippen molar-refractivity contribution >= 4 is 17.7 Å². The number of amides is 1. The van der Waals surface area contributed by atoms with E-state index in [0.717, 1.165) is 11.1 Å². The average Bonchev–Trinajstić information content (AvgIpc) is 2.58. The lowest BCUT2D eigenvalue weighted by Crippen LogP contribution is -2.53. The largest absolute Gasteiger partial charge is 0.467 e. The van der Waals surface area contributed by atoms with Gasteiger partial charge in [-0.05, 0) is 17.5 Å². The molecule has 1 atom stereocenters. The highest BCUT2D eigenvalue weighted by atomic mass is 16.5. The summed E-state index contributed by atoms with van der Waals surface area (Å²) in [5.41, 5.74) is 1.23. The molecule has 2 rings (SSSR count). The number of ether oxygens (including phenoxy) is 1. The van der Waals surface area contributed by atoms with Crippen molar-refractivity contribution < 1.29 is 19.1 Å². The molecule has 0 fully saturated rings. The topological polar surface area (TPSA) is 63.7 Å². The molecule has 1 amide bonds. The zero-order valence-electron chi connectivity index (χ0n) is 14.1. The summed E-state index contributed by atoms with van der Waals surface area (Å²) < 4.78 is 4.83. The van der Waals surface area contributed by atoms with Crippen molar-refractivity contribution in [1.29, 1.82) is 0 Å². The van der Waals surface area contributed by atoms with Gasteiger partial charge in [0.05, 0.1) is 7.11 Å². The third-order valence-corrected chi connectivity index (χ3v) is 4.68. The Morgan fingerprint density at radius 1 is 1.22 bits per heavy atom. The first-order valence-electron chi connectivity index (χ1n) is 7.81. The lowest BCUT2D eigenvalue weighted by atomic mass is 9.83. The van der Waals surface area contributed by atoms with E-state index in [-0.39, 0.29) is 6.54 Å². The van der Waals surface area contributed by atoms with Crippen LogP contribution in [-0.4, -0.2) is 35.7 Å². The van der Waals surface area contributed by atoms with E-state index in [1.165, 1.54) is 12.0 Å². The van der Waals surface area contributed by atoms with Gasteiger partial charge < -0.3 is 9.64 Å². The van der Waals surface area contributed by atoms with Gasteiger partial charge in [-0.25, -0.2) is 4.79 Å². The van der Waals surface area contributed by atoms with Crippen molar-refractivity contribution in [1.82, 2.24) is 4.90 Å². The highest BCUT2D eigenvalue weighted by molar-refractivity contribution is 6.38. The fraction of sp³-hybridized carbons (Fsp3) is 0.500. The smallest absolute Gasteiger partial charge is 0.328 e. The lowest BCUT2D eigenvalue weighted by Gasteiger charge is -2.36. The first-order valence-corrected chi connectivity index (χ1v) is 7.81. The Hall–Kier alpha value is -2.17. The van der Waals surface area contributed by atoms with Crippen LogP contribution in [0.4, 0.5) is 0 Å². The number of fused-ring (bicyclic) bond motifs is 1. The number of hydrogen-bond donors (Lipinski definition) is 0. The molecule has 0 saturated heterocycles. The summed E-state index contributed by atoms with van der Waals surface area (Å²) in [5, 5.41) is 0. The normalized spacial score (nSPS) is 17.4. The van der Waals surface area contributed by atoms with Gasteiger partial charge in [0.25, 0.3) is 5.91 Å². The number of carbonyl (C=O) groups excluding carboxylic acids is 3. The van der Waals surface area contributed by atoms with Crippen LogP contribution in [0.2, 0.25) is 0 Å². The van der Waals surface area contributed by atoms with E-state index < -0.39 is 29.1 Å². The van der Waals surface area contributed by atoms with Crippen LogP contribution in [0, 0.1) is 5.41 Å². The first-order chi connectivity index (χ1) is 10.8. The number of carbonyl (C=O) groups is 3. The molecule has 23 heavy (non-hydrogen) atoms. The lowest BCUT2D eigenvalue weighted by molar-refractivity contribution is -0.159. The number of benzene rings is 1. The second kappa shape index (κ2) is 6.52. The van der Waals surface area contributed by atoms with Crippen LogP contribution in [0.25, 0.3) is 0 Å². The summed E-state index contributed by atoms with van der Waals surface area (Å²) in [6.07, 6.45) is 0.930. The SMILES string of the molecule is CCC(C)(C)C(=O)C(=O)N1Cc2ccccc2CC1C(=O)OC. The van der Waals surface area contributed by atoms with Crippen LogP contribution >= 0.6 is 0 Å². The molecule has 0 saturated carbocycles. The zero-order valence-corrected chi connectivity index (χ0v) is 14.1. The molecule has 124 valence electrons. The molecular weight excluding hydrogens is 294 g/mol. The van der Waals surface area contributed by atoms with Crippen molar-refractivity contribution in [3.63, 3.8) is 0 Å². The fourth-order valence-electron chi connectivity index (χ4n) is 2.66. The third-order valence-electron chi connectivity index (χ3n) is 4.68. The molecule has 1 aliphatic rings. The molecule has 0 aliphatic carbocycles. The Labute approximate surface area is 136 Å². The third kappa shape index (κ3) is 3.28. The molecule has 1 aromatic rings. The van der Waals surface area contributed by atoms with Crippen molar-refractivity contribution in [2.75, 3.05) is 7.11 Å². The van der Waals surface area contributed by atoms with E-state index >= 15 is 0 Å². The average molecular weight is 317 g/mol. The van der Waals surface area contributed by atoms with Crippen molar-refractivity contribution in [3.8, 4) is 0 Å². The van der Waals surface area contributed by atoms with Gasteiger partial charge in [0, 0.05) is 18.4 Å². The van der Waals surface area contributed by atoms with Crippen molar-refractivity contribution in [3.05, 3.63) is 35.4 Å². The molecule has 0 radical (unpaired) electrons. The van der Waals surface area contributed by atoms with Crippen LogP contribution < -0.4 is 0 Å². The van der Waals surface area contributed by atoms with E-state index in [4.69, 9.17) is 4.74 Å². The summed E-state index contributed by atoms with van der Waals surface area (Å²) in [4.78, 5) is 38.7. The van der Waals surface area contributed by atoms with Crippen LogP contribution in [0.15, 0.2) is 24.3 Å². The summed E-state index contributed by atoms with van der Waals surface area (Å²) in [7, 11) is 1.29. The minimum Gasteiger partial charge on any atom is -0.467 e. The van der Waals surface area contributed by atoms with Gasteiger partial charge in [0.15, 0.2) is 0 Å². The number of esters is 1. The predicted octanol–water partition coefficient (Wildman–Crippen LogP) is 2.12. The van der Waals surface area contributed by atoms with Gasteiger partial charge in [-0.1, -0.05) is 45.0 Å². The maximum atomic E-state index is 12.7. The minimum absolute atomic E-state index is 0.250. The highest BCUT2D eigenvalue weighted by Gasteiger charge is 2.41. The summed E-state index contributed by atoms with van der Waals surface area (Å²) >= 11 is 0. The molecule has 1 heterocycles. The fourth-order valence-corrected chi connectivity index (χ4v) is 2.66. The van der Waals surface area contributed by atoms with Crippen LogP contribution in [0.5, 0.6) is 0 Å². The van der Waals surface area contributed by atoms with Crippen LogP contribution in [0.1, 0.15) is 38.3 Å². The molecule has 0 aromatic heterocycles. The Morgan fingerprint density at radius 2 is 1.83 bits per heavy atom. The van der Waals surface area contributed by atoms with Gasteiger partial charge >= 0.3 is 5.97 Å². The molecule has 0 bridgehead atoms. The second-order valence-corrected chi connectivity index (χ2v) is 6.51. The molecule has 1 aromatic carbocycles. The number of ketones is 1. The van der Waals surface area contributed by atoms with Crippen LogP contribution in [-0.2, 0) is 32.1 Å². The molecule has 1 aliphatic heterocycles. The van der Waals surface area contributed by atoms with Gasteiger partial charge in [0.2, 0.25) is 5.78 Å². The van der Waals surface area contributed by atoms with Gasteiger partial charge in [-0.2, -0.15) is 0 Å². The van der Waals surface area contributed by atoms with Crippen molar-refractivity contribution in [2.45, 2.75) is 46.2 Å². The second-order valence-electron chi connectivity index (χ2n) is 6.51. The Bertz CT molecular complexity index is 636. The molecule has 0 N–H and O–H groups in total. The van der Waals surface area contributed by atoms with Gasteiger partial charge in [-0.3, -0.25) is 9.59 Å². The predicted molar refractivity (Wildman–Crippen MR) is 85.6 cm³/mol. The molecule has 1 unspecified atom stereocenters. The van der Waals surface area contributed by atoms with E-state index in [2.05, 4.69) is 0 Å². The van der Waals surface area contributed by atoms with Gasteiger partial charge in [0.1, 0.15) is 6.04 Å². The van der Waals surface area contributed by atoms with E-state index in [0.29, 0.717) is 12.8 Å². The molecule has 5 nitrogen and oxygen atoms in total. The summed E-state index contributed by atoms with van der Waals surface area (Å²) in [5.74, 6) is -1.56. The Kier molecular flexibility index (Phi) is 4.88. The Morgan fingerprint density at radius 3 is 2.39 bits per heavy atom. The van der Waals surface area contributed by atoms with E-state index in [9.17, 15) is 14.4 Å². The number of nitrogens with zero attached hydrogens (tertiary/aromatic N) is 1. The van der Waals surface area contributed by atoms with Gasteiger partial charge in [-0.15, -0.1) is 0 Å².